The lowest BCUT2D eigenvalue weighted by Crippen LogP contribution is -2.30. The van der Waals surface area contributed by atoms with E-state index in [1.54, 1.807) is 0 Å². The smallest absolute Gasteiger partial charge is 0.153 e. The number of unbranched alkanes of at least 4 members (excludes halogenated alkanes) is 3. The summed E-state index contributed by atoms with van der Waals surface area (Å²) in [6.07, 6.45) is 5.10. The minimum Gasteiger partial charge on any atom is -0.381 e. The van der Waals surface area contributed by atoms with Crippen LogP contribution in [-0.4, -0.2) is 38.5 Å². The van der Waals surface area contributed by atoms with Crippen molar-refractivity contribution in [2.75, 3.05) is 24.8 Å². The van der Waals surface area contributed by atoms with Crippen molar-refractivity contribution in [3.8, 4) is 0 Å². The molecule has 1 aliphatic heterocycles. The van der Waals surface area contributed by atoms with Crippen LogP contribution in [0.1, 0.15) is 38.5 Å². The fourth-order valence-corrected chi connectivity index (χ4v) is 3.99. The van der Waals surface area contributed by atoms with Gasteiger partial charge in [-0.05, 0) is 25.7 Å². The van der Waals surface area contributed by atoms with Crippen molar-refractivity contribution in [2.45, 2.75) is 43.8 Å². The molecule has 96 valence electrons. The highest BCUT2D eigenvalue weighted by Gasteiger charge is 2.26. The average Bonchev–Trinajstić information content (AvgIpc) is 2.30. The first-order valence-electron chi connectivity index (χ1n) is 6.02. The van der Waals surface area contributed by atoms with Crippen molar-refractivity contribution < 1.29 is 13.2 Å². The van der Waals surface area contributed by atoms with Gasteiger partial charge in [-0.25, -0.2) is 8.42 Å². The maximum absolute atomic E-state index is 11.9. The lowest BCUT2D eigenvalue weighted by atomic mass is 10.2. The van der Waals surface area contributed by atoms with Gasteiger partial charge in [0.1, 0.15) is 0 Å². The Morgan fingerprint density at radius 3 is 2.31 bits per heavy atom. The molecule has 0 aromatic rings. The third-order valence-corrected chi connectivity index (χ3v) is 5.60. The number of rotatable bonds is 7. The number of halogens is 1. The Morgan fingerprint density at radius 1 is 1.06 bits per heavy atom. The number of hydrogen-bond acceptors (Lipinski definition) is 3. The van der Waals surface area contributed by atoms with E-state index in [-0.39, 0.29) is 5.25 Å². The van der Waals surface area contributed by atoms with Gasteiger partial charge in [-0.15, -0.1) is 11.6 Å². The van der Waals surface area contributed by atoms with Crippen LogP contribution in [0.3, 0.4) is 0 Å². The zero-order chi connectivity index (χ0) is 11.9. The van der Waals surface area contributed by atoms with Crippen LogP contribution < -0.4 is 0 Å². The fraction of sp³-hybridized carbons (Fsp3) is 1.00. The minimum atomic E-state index is -2.88. The van der Waals surface area contributed by atoms with E-state index in [1.165, 1.54) is 0 Å². The van der Waals surface area contributed by atoms with Gasteiger partial charge in [0.25, 0.3) is 0 Å². The molecule has 0 radical (unpaired) electrons. The summed E-state index contributed by atoms with van der Waals surface area (Å²) in [6.45, 7) is 1.19. The topological polar surface area (TPSA) is 43.4 Å². The van der Waals surface area contributed by atoms with E-state index in [9.17, 15) is 8.42 Å². The number of ether oxygens (including phenoxy) is 1. The van der Waals surface area contributed by atoms with E-state index in [2.05, 4.69) is 0 Å². The van der Waals surface area contributed by atoms with E-state index in [4.69, 9.17) is 16.3 Å². The van der Waals surface area contributed by atoms with Crippen LogP contribution in [0.4, 0.5) is 0 Å². The molecule has 0 unspecified atom stereocenters. The standard InChI is InChI=1S/C11H21ClO3S/c12-7-3-1-2-4-10-16(13,14)11-5-8-15-9-6-11/h11H,1-10H2. The van der Waals surface area contributed by atoms with Gasteiger partial charge in [0.05, 0.1) is 11.0 Å². The molecule has 1 heterocycles. The summed E-state index contributed by atoms with van der Waals surface area (Å²) in [5.41, 5.74) is 0. The quantitative estimate of drug-likeness (QED) is 0.526. The van der Waals surface area contributed by atoms with Crippen LogP contribution in [0.5, 0.6) is 0 Å². The summed E-state index contributed by atoms with van der Waals surface area (Å²) in [5, 5.41) is -0.158. The predicted molar refractivity (Wildman–Crippen MR) is 66.8 cm³/mol. The van der Waals surface area contributed by atoms with Crippen LogP contribution in [0.15, 0.2) is 0 Å². The van der Waals surface area contributed by atoms with Gasteiger partial charge in [0.15, 0.2) is 9.84 Å². The monoisotopic (exact) mass is 268 g/mol. The fourth-order valence-electron chi connectivity index (χ4n) is 1.95. The lowest BCUT2D eigenvalue weighted by molar-refractivity contribution is 0.0983. The molecule has 0 atom stereocenters. The first kappa shape index (κ1) is 14.3. The first-order chi connectivity index (χ1) is 7.67. The highest BCUT2D eigenvalue weighted by molar-refractivity contribution is 7.92. The third kappa shape index (κ3) is 5.02. The van der Waals surface area contributed by atoms with Crippen molar-refractivity contribution in [2.24, 2.45) is 0 Å². The Bertz CT molecular complexity index is 271. The largest absolute Gasteiger partial charge is 0.381 e. The van der Waals surface area contributed by atoms with Gasteiger partial charge in [0, 0.05) is 19.1 Å². The summed E-state index contributed by atoms with van der Waals surface area (Å²) >= 11 is 5.56. The molecule has 0 aliphatic carbocycles. The summed E-state index contributed by atoms with van der Waals surface area (Å²) in [5.74, 6) is 1.01. The Labute approximate surface area is 103 Å². The predicted octanol–water partition coefficient (Wildman–Crippen LogP) is 2.38. The second-order valence-corrected chi connectivity index (χ2v) is 7.06. The van der Waals surface area contributed by atoms with Crippen molar-refractivity contribution in [3.63, 3.8) is 0 Å². The molecule has 0 spiro atoms. The molecule has 0 amide bonds. The van der Waals surface area contributed by atoms with Gasteiger partial charge in [0.2, 0.25) is 0 Å². The Morgan fingerprint density at radius 2 is 1.69 bits per heavy atom. The molecular formula is C11H21ClO3S. The highest BCUT2D eigenvalue weighted by atomic mass is 35.5. The van der Waals surface area contributed by atoms with E-state index in [1.807, 2.05) is 0 Å². The van der Waals surface area contributed by atoms with Crippen LogP contribution >= 0.6 is 11.6 Å². The molecule has 1 fully saturated rings. The Balaban J connectivity index is 2.22. The van der Waals surface area contributed by atoms with Gasteiger partial charge in [-0.3, -0.25) is 0 Å². The number of sulfone groups is 1. The summed E-state index contributed by atoms with van der Waals surface area (Å²) in [4.78, 5) is 0. The minimum absolute atomic E-state index is 0.158. The molecule has 0 aromatic carbocycles. The highest BCUT2D eigenvalue weighted by Crippen LogP contribution is 2.18. The second kappa shape index (κ2) is 7.51. The molecule has 1 aliphatic rings. The summed E-state index contributed by atoms with van der Waals surface area (Å²) in [6, 6.07) is 0. The molecule has 0 saturated carbocycles. The van der Waals surface area contributed by atoms with Crippen molar-refractivity contribution in [1.82, 2.24) is 0 Å². The van der Waals surface area contributed by atoms with Gasteiger partial charge in [-0.1, -0.05) is 12.8 Å². The molecule has 3 nitrogen and oxygen atoms in total. The molecule has 0 bridgehead atoms. The van der Waals surface area contributed by atoms with Crippen LogP contribution in [0.25, 0.3) is 0 Å². The van der Waals surface area contributed by atoms with Gasteiger partial charge >= 0.3 is 0 Å². The summed E-state index contributed by atoms with van der Waals surface area (Å²) in [7, 11) is -2.88. The zero-order valence-electron chi connectivity index (χ0n) is 9.66. The maximum atomic E-state index is 11.9. The molecule has 0 N–H and O–H groups in total. The van der Waals surface area contributed by atoms with Gasteiger partial charge < -0.3 is 4.74 Å². The molecule has 16 heavy (non-hydrogen) atoms. The number of alkyl halides is 1. The first-order valence-corrected chi connectivity index (χ1v) is 8.27. The van der Waals surface area contributed by atoms with Crippen molar-refractivity contribution in [1.29, 1.82) is 0 Å². The molecular weight excluding hydrogens is 248 g/mol. The second-order valence-electron chi connectivity index (χ2n) is 4.28. The van der Waals surface area contributed by atoms with Crippen LogP contribution in [0, 0.1) is 0 Å². The van der Waals surface area contributed by atoms with E-state index >= 15 is 0 Å². The molecule has 1 rings (SSSR count). The SMILES string of the molecule is O=S(=O)(CCCCCCCl)C1CCOCC1. The van der Waals surface area contributed by atoms with E-state index in [0.29, 0.717) is 37.7 Å². The maximum Gasteiger partial charge on any atom is 0.153 e. The normalized spacial score (nSPS) is 18.8. The van der Waals surface area contributed by atoms with Crippen LogP contribution in [0.2, 0.25) is 0 Å². The average molecular weight is 269 g/mol. The molecule has 1 saturated heterocycles. The molecule has 0 aromatic heterocycles. The summed E-state index contributed by atoms with van der Waals surface area (Å²) < 4.78 is 29.0. The Kier molecular flexibility index (Phi) is 6.70. The van der Waals surface area contributed by atoms with Gasteiger partial charge in [-0.2, -0.15) is 0 Å². The third-order valence-electron chi connectivity index (χ3n) is 2.99. The zero-order valence-corrected chi connectivity index (χ0v) is 11.2. The Hall–Kier alpha value is 0.200. The number of hydrogen-bond donors (Lipinski definition) is 0. The molecule has 5 heteroatoms. The van der Waals surface area contributed by atoms with E-state index < -0.39 is 9.84 Å². The van der Waals surface area contributed by atoms with Crippen molar-refractivity contribution >= 4 is 21.4 Å². The van der Waals surface area contributed by atoms with Crippen LogP contribution in [-0.2, 0) is 14.6 Å². The van der Waals surface area contributed by atoms with Crippen molar-refractivity contribution in [3.05, 3.63) is 0 Å². The van der Waals surface area contributed by atoms with E-state index in [0.717, 1.165) is 25.7 Å². The lowest BCUT2D eigenvalue weighted by Gasteiger charge is -2.22.